The van der Waals surface area contributed by atoms with Crippen LogP contribution in [0.5, 0.6) is 5.75 Å². The highest BCUT2D eigenvalue weighted by Crippen LogP contribution is 2.24. The van der Waals surface area contributed by atoms with Gasteiger partial charge in [0.05, 0.1) is 11.0 Å². The molecule has 2 N–H and O–H groups in total. The lowest BCUT2D eigenvalue weighted by Crippen LogP contribution is -2.33. The fraction of sp³-hybridized carbons (Fsp3) is 0.167. The van der Waals surface area contributed by atoms with Gasteiger partial charge in [0, 0.05) is 5.02 Å². The van der Waals surface area contributed by atoms with E-state index >= 15 is 0 Å². The summed E-state index contributed by atoms with van der Waals surface area (Å²) < 4.78 is 5.70. The van der Waals surface area contributed by atoms with Gasteiger partial charge in [0.2, 0.25) is 0 Å². The van der Waals surface area contributed by atoms with Crippen LogP contribution in [0, 0.1) is 13.8 Å². The lowest BCUT2D eigenvalue weighted by atomic mass is 10.1. The number of benzene rings is 3. The summed E-state index contributed by atoms with van der Waals surface area (Å²) in [4.78, 5) is 20.8. The topological polar surface area (TPSA) is 67.0 Å². The van der Waals surface area contributed by atoms with Crippen LogP contribution in [0.1, 0.15) is 28.6 Å². The molecule has 0 saturated heterocycles. The minimum atomic E-state index is -0.415. The molecule has 4 rings (SSSR count). The van der Waals surface area contributed by atoms with E-state index in [-0.39, 0.29) is 12.5 Å². The molecule has 0 aliphatic heterocycles. The molecule has 0 aliphatic carbocycles. The zero-order valence-electron chi connectivity index (χ0n) is 16.8. The van der Waals surface area contributed by atoms with Gasteiger partial charge in [-0.15, -0.1) is 0 Å². The molecule has 1 amide bonds. The molecular formula is C24H22ClN3O2. The van der Waals surface area contributed by atoms with Crippen molar-refractivity contribution in [2.75, 3.05) is 6.61 Å². The highest BCUT2D eigenvalue weighted by atomic mass is 35.5. The monoisotopic (exact) mass is 419 g/mol. The molecule has 1 aromatic heterocycles. The minimum Gasteiger partial charge on any atom is -0.484 e. The molecule has 0 spiro atoms. The maximum atomic E-state index is 12.7. The van der Waals surface area contributed by atoms with Crippen molar-refractivity contribution in [2.24, 2.45) is 0 Å². The van der Waals surface area contributed by atoms with Crippen molar-refractivity contribution in [1.29, 1.82) is 0 Å². The van der Waals surface area contributed by atoms with E-state index in [0.29, 0.717) is 16.6 Å². The average Bonchev–Trinajstić information content (AvgIpc) is 3.15. The van der Waals surface area contributed by atoms with Gasteiger partial charge in [0.1, 0.15) is 17.6 Å². The predicted octanol–water partition coefficient (Wildman–Crippen LogP) is 5.12. The van der Waals surface area contributed by atoms with Crippen LogP contribution >= 0.6 is 11.6 Å². The number of aromatic amines is 1. The van der Waals surface area contributed by atoms with Gasteiger partial charge >= 0.3 is 0 Å². The second-order valence-electron chi connectivity index (χ2n) is 7.25. The summed E-state index contributed by atoms with van der Waals surface area (Å²) in [6.07, 6.45) is 0. The number of aryl methyl sites for hydroxylation is 2. The zero-order valence-corrected chi connectivity index (χ0v) is 17.5. The van der Waals surface area contributed by atoms with E-state index < -0.39 is 6.04 Å². The quantitative estimate of drug-likeness (QED) is 0.456. The van der Waals surface area contributed by atoms with Crippen LogP contribution in [-0.4, -0.2) is 22.5 Å². The number of rotatable bonds is 6. The van der Waals surface area contributed by atoms with Crippen molar-refractivity contribution in [2.45, 2.75) is 19.9 Å². The Morgan fingerprint density at radius 2 is 1.90 bits per heavy atom. The zero-order chi connectivity index (χ0) is 21.1. The number of H-pyrrole nitrogens is 1. The molecule has 0 saturated carbocycles. The normalized spacial score (nSPS) is 12.0. The lowest BCUT2D eigenvalue weighted by molar-refractivity contribution is -0.123. The van der Waals surface area contributed by atoms with E-state index in [4.69, 9.17) is 21.3 Å². The smallest absolute Gasteiger partial charge is 0.258 e. The van der Waals surface area contributed by atoms with E-state index in [1.165, 1.54) is 0 Å². The van der Waals surface area contributed by atoms with Crippen LogP contribution in [-0.2, 0) is 4.79 Å². The number of hydrogen-bond donors (Lipinski definition) is 2. The first-order valence-electron chi connectivity index (χ1n) is 9.69. The van der Waals surface area contributed by atoms with Crippen molar-refractivity contribution in [3.05, 3.63) is 94.3 Å². The Hall–Kier alpha value is -3.31. The van der Waals surface area contributed by atoms with E-state index in [1.54, 1.807) is 18.2 Å². The van der Waals surface area contributed by atoms with Crippen LogP contribution < -0.4 is 10.1 Å². The van der Waals surface area contributed by atoms with Gasteiger partial charge in [-0.1, -0.05) is 48.0 Å². The van der Waals surface area contributed by atoms with Gasteiger partial charge in [-0.3, -0.25) is 4.79 Å². The van der Waals surface area contributed by atoms with Gasteiger partial charge in [0.25, 0.3) is 5.91 Å². The molecular weight excluding hydrogens is 398 g/mol. The van der Waals surface area contributed by atoms with Crippen molar-refractivity contribution in [3.8, 4) is 5.75 Å². The number of fused-ring (bicyclic) bond motifs is 1. The largest absolute Gasteiger partial charge is 0.484 e. The molecule has 0 aliphatic rings. The third kappa shape index (κ3) is 4.47. The predicted molar refractivity (Wildman–Crippen MR) is 119 cm³/mol. The van der Waals surface area contributed by atoms with Gasteiger partial charge < -0.3 is 15.0 Å². The number of ether oxygens (including phenoxy) is 1. The Bertz CT molecular complexity index is 1190. The van der Waals surface area contributed by atoms with Gasteiger partial charge in [-0.05, 0) is 60.9 Å². The van der Waals surface area contributed by atoms with Gasteiger partial charge in [-0.25, -0.2) is 4.98 Å². The molecule has 5 nitrogen and oxygen atoms in total. The van der Waals surface area contributed by atoms with Gasteiger partial charge in [0.15, 0.2) is 6.61 Å². The molecule has 4 aromatic rings. The first-order valence-corrected chi connectivity index (χ1v) is 10.1. The summed E-state index contributed by atoms with van der Waals surface area (Å²) >= 11 is 5.98. The number of hydrogen-bond acceptors (Lipinski definition) is 3. The van der Waals surface area contributed by atoms with Crippen molar-refractivity contribution < 1.29 is 9.53 Å². The molecule has 0 bridgehead atoms. The minimum absolute atomic E-state index is 0.106. The molecule has 152 valence electrons. The van der Waals surface area contributed by atoms with E-state index in [1.807, 2.05) is 62.4 Å². The average molecular weight is 420 g/mol. The molecule has 1 unspecified atom stereocenters. The second kappa shape index (κ2) is 8.59. The first-order chi connectivity index (χ1) is 14.5. The number of carbonyl (C=O) groups is 1. The second-order valence-corrected chi connectivity index (χ2v) is 7.69. The third-order valence-corrected chi connectivity index (χ3v) is 5.10. The summed E-state index contributed by atoms with van der Waals surface area (Å²) in [5.74, 6) is 1.07. The molecule has 1 heterocycles. The van der Waals surface area contributed by atoms with Crippen LogP contribution in [0.2, 0.25) is 5.02 Å². The third-order valence-electron chi connectivity index (χ3n) is 4.86. The SMILES string of the molecule is Cc1ccc2nc(C(NC(=O)COc3ccc(Cl)cc3C)c3ccccc3)[nH]c2c1. The number of nitrogens with zero attached hydrogens (tertiary/aromatic N) is 1. The number of aromatic nitrogens is 2. The number of nitrogens with one attached hydrogen (secondary N) is 2. The Morgan fingerprint density at radius 1 is 1.10 bits per heavy atom. The van der Waals surface area contributed by atoms with Gasteiger partial charge in [-0.2, -0.15) is 0 Å². The molecule has 0 fully saturated rings. The maximum Gasteiger partial charge on any atom is 0.258 e. The fourth-order valence-corrected chi connectivity index (χ4v) is 3.58. The Morgan fingerprint density at radius 3 is 2.67 bits per heavy atom. The highest BCUT2D eigenvalue weighted by molar-refractivity contribution is 6.30. The van der Waals surface area contributed by atoms with Crippen LogP contribution in [0.4, 0.5) is 0 Å². The number of imidazole rings is 1. The number of amides is 1. The summed E-state index contributed by atoms with van der Waals surface area (Å²) in [7, 11) is 0. The standard InChI is InChI=1S/C24H22ClN3O2/c1-15-8-10-19-20(12-15)27-24(26-19)23(17-6-4-3-5-7-17)28-22(29)14-30-21-11-9-18(25)13-16(21)2/h3-13,23H,14H2,1-2H3,(H,26,27)(H,28,29). The van der Waals surface area contributed by atoms with E-state index in [2.05, 4.69) is 10.3 Å². The first kappa shape index (κ1) is 20.0. The maximum absolute atomic E-state index is 12.7. The Kier molecular flexibility index (Phi) is 5.72. The van der Waals surface area contributed by atoms with Crippen LogP contribution in [0.25, 0.3) is 11.0 Å². The summed E-state index contributed by atoms with van der Waals surface area (Å²) in [5.41, 5.74) is 4.75. The van der Waals surface area contributed by atoms with E-state index in [9.17, 15) is 4.79 Å². The fourth-order valence-electron chi connectivity index (χ4n) is 3.36. The van der Waals surface area contributed by atoms with Crippen molar-refractivity contribution in [1.82, 2.24) is 15.3 Å². The summed E-state index contributed by atoms with van der Waals surface area (Å²) in [5, 5.41) is 3.68. The molecule has 0 radical (unpaired) electrons. The molecule has 1 atom stereocenters. The number of halogens is 1. The summed E-state index contributed by atoms with van der Waals surface area (Å²) in [6.45, 7) is 3.82. The van der Waals surface area contributed by atoms with E-state index in [0.717, 1.165) is 27.7 Å². The number of carbonyl (C=O) groups excluding carboxylic acids is 1. The Balaban J connectivity index is 1.56. The molecule has 6 heteroatoms. The highest BCUT2D eigenvalue weighted by Gasteiger charge is 2.21. The van der Waals surface area contributed by atoms with Crippen molar-refractivity contribution in [3.63, 3.8) is 0 Å². The molecule has 3 aromatic carbocycles. The van der Waals surface area contributed by atoms with Crippen LogP contribution in [0.3, 0.4) is 0 Å². The van der Waals surface area contributed by atoms with Crippen molar-refractivity contribution >= 4 is 28.5 Å². The molecule has 30 heavy (non-hydrogen) atoms. The summed E-state index contributed by atoms with van der Waals surface area (Å²) in [6, 6.07) is 20.7. The Labute approximate surface area is 180 Å². The lowest BCUT2D eigenvalue weighted by Gasteiger charge is -2.18. The van der Waals surface area contributed by atoms with Crippen LogP contribution in [0.15, 0.2) is 66.7 Å².